The van der Waals surface area contributed by atoms with E-state index >= 15 is 0 Å². The number of carbonyl (C=O) groups is 2. The highest BCUT2D eigenvalue weighted by Gasteiger charge is 2.40. The summed E-state index contributed by atoms with van der Waals surface area (Å²) in [5, 5.41) is 16.9. The third-order valence-corrected chi connectivity index (χ3v) is 13.4. The Balaban J connectivity index is 0.915. The van der Waals surface area contributed by atoms with Crippen molar-refractivity contribution in [3.8, 4) is 0 Å². The average Bonchev–Trinajstić information content (AvgIpc) is 3.49. The van der Waals surface area contributed by atoms with E-state index in [1.165, 1.54) is 15.1 Å². The third-order valence-electron chi connectivity index (χ3n) is 11.3. The number of fused-ring (bicyclic) bond motifs is 1. The summed E-state index contributed by atoms with van der Waals surface area (Å²) in [5.74, 6) is -0.588. The van der Waals surface area contributed by atoms with Gasteiger partial charge in [-0.3, -0.25) is 24.3 Å². The second-order valence-electron chi connectivity index (χ2n) is 14.9. The van der Waals surface area contributed by atoms with Gasteiger partial charge in [0.05, 0.1) is 23.1 Å². The number of alkyl halides is 2. The summed E-state index contributed by atoms with van der Waals surface area (Å²) in [4.78, 5) is 48.1. The van der Waals surface area contributed by atoms with Gasteiger partial charge in [0.2, 0.25) is 17.8 Å². The third kappa shape index (κ3) is 7.85. The van der Waals surface area contributed by atoms with Gasteiger partial charge in [0.15, 0.2) is 0 Å². The van der Waals surface area contributed by atoms with Gasteiger partial charge in [-0.05, 0) is 69.1 Å². The van der Waals surface area contributed by atoms with Gasteiger partial charge >= 0.3 is 0 Å². The average molecular weight is 757 g/mol. The number of aromatic nitrogens is 3. The molecule has 3 aliphatic heterocycles. The van der Waals surface area contributed by atoms with Crippen molar-refractivity contribution in [3.63, 3.8) is 0 Å². The number of hydrogen-bond acceptors (Lipinski definition) is 10. The summed E-state index contributed by atoms with van der Waals surface area (Å²) in [6, 6.07) is 8.17. The Bertz CT molecular complexity index is 2010. The Kier molecular flexibility index (Phi) is 10.7. The molecule has 4 aliphatic rings. The van der Waals surface area contributed by atoms with Crippen molar-refractivity contribution in [1.29, 1.82) is 0 Å². The molecule has 14 nitrogen and oxygen atoms in total. The fourth-order valence-corrected chi connectivity index (χ4v) is 9.79. The summed E-state index contributed by atoms with van der Waals surface area (Å²) < 4.78 is 59.1. The molecule has 2 amide bonds. The minimum absolute atomic E-state index is 0.149. The first-order valence-corrected chi connectivity index (χ1v) is 19.8. The van der Waals surface area contributed by atoms with E-state index in [0.717, 1.165) is 30.2 Å². The maximum Gasteiger partial charge on any atom is 0.282 e. The lowest BCUT2D eigenvalue weighted by Gasteiger charge is -2.39. The zero-order valence-electron chi connectivity index (χ0n) is 29.7. The number of hydrogen-bond donors (Lipinski definition) is 3. The van der Waals surface area contributed by atoms with Crippen molar-refractivity contribution in [1.82, 2.24) is 33.4 Å². The van der Waals surface area contributed by atoms with Crippen LogP contribution >= 0.6 is 0 Å². The molecule has 0 spiro atoms. The number of halogens is 2. The molecular weight excluding hydrogens is 711 g/mol. The lowest BCUT2D eigenvalue weighted by atomic mass is 9.90. The molecule has 4 fully saturated rings. The molecule has 2 aromatic heterocycles. The molecule has 1 aromatic carbocycles. The molecule has 3 aromatic rings. The van der Waals surface area contributed by atoms with E-state index in [2.05, 4.69) is 25.5 Å². The number of benzene rings is 1. The number of amides is 2. The van der Waals surface area contributed by atoms with Gasteiger partial charge in [0.1, 0.15) is 5.65 Å². The molecule has 286 valence electrons. The number of piperazine rings is 1. The lowest BCUT2D eigenvalue weighted by Crippen LogP contribution is -2.55. The predicted molar refractivity (Wildman–Crippen MR) is 193 cm³/mol. The van der Waals surface area contributed by atoms with Crippen molar-refractivity contribution < 1.29 is 31.9 Å². The van der Waals surface area contributed by atoms with Crippen LogP contribution in [0.3, 0.4) is 0 Å². The van der Waals surface area contributed by atoms with Crippen molar-refractivity contribution in [2.75, 3.05) is 51.1 Å². The van der Waals surface area contributed by atoms with Crippen molar-refractivity contribution in [2.45, 2.75) is 88.3 Å². The topological polar surface area (TPSA) is 170 Å². The van der Waals surface area contributed by atoms with Crippen molar-refractivity contribution >= 4 is 39.0 Å². The molecule has 3 saturated heterocycles. The number of anilines is 1. The molecule has 0 radical (unpaired) electrons. The van der Waals surface area contributed by atoms with Gasteiger partial charge in [-0.1, -0.05) is 24.3 Å². The Hall–Kier alpha value is -3.90. The van der Waals surface area contributed by atoms with Crippen LogP contribution in [0.5, 0.6) is 0 Å². The van der Waals surface area contributed by atoms with E-state index in [-0.39, 0.29) is 40.8 Å². The Morgan fingerprint density at radius 1 is 1.00 bits per heavy atom. The Morgan fingerprint density at radius 2 is 1.70 bits per heavy atom. The van der Waals surface area contributed by atoms with Crippen LogP contribution in [-0.4, -0.2) is 111 Å². The number of pyridine rings is 1. The number of aliphatic hydroxyl groups is 1. The molecule has 0 bridgehead atoms. The highest BCUT2D eigenvalue weighted by atomic mass is 32.2. The minimum atomic E-state index is -3.66. The van der Waals surface area contributed by atoms with Crippen LogP contribution in [-0.2, 0) is 26.2 Å². The highest BCUT2D eigenvalue weighted by Crippen LogP contribution is 2.40. The molecule has 17 heteroatoms. The fraction of sp³-hybridized carbons (Fsp3) is 0.583. The van der Waals surface area contributed by atoms with Crippen LogP contribution in [0, 0.1) is 0 Å². The monoisotopic (exact) mass is 756 g/mol. The largest absolute Gasteiger partial charge is 0.388 e. The summed E-state index contributed by atoms with van der Waals surface area (Å²) in [5.41, 5.74) is -0.591. The molecule has 7 rings (SSSR count). The molecule has 1 aliphatic carbocycles. The van der Waals surface area contributed by atoms with E-state index < -0.39 is 39.4 Å². The highest BCUT2D eigenvalue weighted by molar-refractivity contribution is 7.86. The van der Waals surface area contributed by atoms with Gasteiger partial charge in [0.25, 0.3) is 22.2 Å². The number of imide groups is 1. The molecular formula is C36H46F2N8O6S. The van der Waals surface area contributed by atoms with Gasteiger partial charge < -0.3 is 15.3 Å². The van der Waals surface area contributed by atoms with E-state index in [1.807, 2.05) is 24.3 Å². The zero-order chi connectivity index (χ0) is 37.5. The predicted octanol–water partition coefficient (Wildman–Crippen LogP) is 2.71. The minimum Gasteiger partial charge on any atom is -0.388 e. The van der Waals surface area contributed by atoms with E-state index in [9.17, 15) is 36.7 Å². The van der Waals surface area contributed by atoms with Crippen molar-refractivity contribution in [2.24, 2.45) is 0 Å². The first-order chi connectivity index (χ1) is 25.3. The Morgan fingerprint density at radius 3 is 2.34 bits per heavy atom. The van der Waals surface area contributed by atoms with Crippen molar-refractivity contribution in [3.05, 3.63) is 63.6 Å². The second kappa shape index (κ2) is 15.1. The molecule has 1 unspecified atom stereocenters. The van der Waals surface area contributed by atoms with Crippen LogP contribution < -0.4 is 16.2 Å². The SMILES string of the molecule is C[C@@]1(O)CCC[C@H]1n1c(=O)c(C(F)F)cc2cnc(NC3CCN(S(=O)(=O)N4CCN(CCc5ccc(C6CCC(=O)NC6=O)cc5)CC4)CC3)nc21. The number of piperidine rings is 2. The van der Waals surface area contributed by atoms with Crippen LogP contribution in [0.4, 0.5) is 14.7 Å². The van der Waals surface area contributed by atoms with Crippen LogP contribution in [0.15, 0.2) is 41.3 Å². The molecule has 53 heavy (non-hydrogen) atoms. The molecule has 5 heterocycles. The first-order valence-electron chi connectivity index (χ1n) is 18.4. The molecule has 3 N–H and O–H groups in total. The first kappa shape index (κ1) is 37.4. The quantitative estimate of drug-likeness (QED) is 0.262. The van der Waals surface area contributed by atoms with Gasteiger partial charge in [-0.15, -0.1) is 0 Å². The maximum atomic E-state index is 13.8. The standard InChI is InChI=1S/C36H46F2N8O6S/c1-36(50)13-2-3-29(36)46-32-25(21-28(31(37)38)34(46)49)22-39-35(42-32)40-26-11-15-44(16-12-26)53(51,52)45-19-17-43(18-20-45)14-10-23-4-6-24(7-5-23)27-8-9-30(47)41-33(27)48/h4-7,21-22,26-27,29,31,50H,2-3,8-20H2,1H3,(H,39,40,42)(H,41,47,48)/t27?,29-,36-/m1/s1. The smallest absolute Gasteiger partial charge is 0.282 e. The van der Waals surface area contributed by atoms with Crippen LogP contribution in [0.25, 0.3) is 11.0 Å². The molecule has 3 atom stereocenters. The number of carbonyl (C=O) groups excluding carboxylic acids is 2. The second-order valence-corrected chi connectivity index (χ2v) is 16.8. The van der Waals surface area contributed by atoms with E-state index in [0.29, 0.717) is 84.2 Å². The zero-order valence-corrected chi connectivity index (χ0v) is 30.5. The Labute approximate surface area is 306 Å². The summed E-state index contributed by atoms with van der Waals surface area (Å²) in [6.45, 7) is 5.01. The van der Waals surface area contributed by atoms with Crippen LogP contribution in [0.1, 0.15) is 86.9 Å². The summed E-state index contributed by atoms with van der Waals surface area (Å²) in [7, 11) is -3.66. The van der Waals surface area contributed by atoms with Crippen LogP contribution in [0.2, 0.25) is 0 Å². The number of nitrogens with zero attached hydrogens (tertiary/aromatic N) is 6. The summed E-state index contributed by atoms with van der Waals surface area (Å²) >= 11 is 0. The molecule has 1 saturated carbocycles. The summed E-state index contributed by atoms with van der Waals surface area (Å²) in [6.07, 6.45) is 2.58. The van der Waals surface area contributed by atoms with E-state index in [4.69, 9.17) is 0 Å². The van der Waals surface area contributed by atoms with Gasteiger partial charge in [-0.2, -0.15) is 22.0 Å². The van der Waals surface area contributed by atoms with E-state index in [1.54, 1.807) is 11.2 Å². The lowest BCUT2D eigenvalue weighted by molar-refractivity contribution is -0.134. The normalized spacial score (nSPS) is 25.7. The van der Waals surface area contributed by atoms with Gasteiger partial charge in [0, 0.05) is 69.9 Å². The maximum absolute atomic E-state index is 13.8. The van der Waals surface area contributed by atoms with Gasteiger partial charge in [-0.25, -0.2) is 13.8 Å². The number of nitrogens with one attached hydrogen (secondary N) is 2. The number of rotatable bonds is 10. The fourth-order valence-electron chi connectivity index (χ4n) is 8.17.